The number of fused-ring (bicyclic) bond motifs is 1. The Morgan fingerprint density at radius 2 is 1.78 bits per heavy atom. The van der Waals surface area contributed by atoms with E-state index in [1.54, 1.807) is 42.6 Å². The monoisotopic (exact) mass is 385 g/mol. The SMILES string of the molecule is O=C(/C=C/c1ccc(N(c2cncc3ccccc23)S(=O)(=O)O)cc1)NO. The first kappa shape index (κ1) is 18.5. The molecule has 8 nitrogen and oxygen atoms in total. The van der Waals surface area contributed by atoms with Gasteiger partial charge in [0.05, 0.1) is 17.6 Å². The summed E-state index contributed by atoms with van der Waals surface area (Å²) in [6.45, 7) is 0. The second-order valence-corrected chi connectivity index (χ2v) is 6.78. The number of nitrogens with one attached hydrogen (secondary N) is 1. The minimum Gasteiger partial charge on any atom is -0.288 e. The number of benzene rings is 2. The van der Waals surface area contributed by atoms with Crippen molar-refractivity contribution >= 4 is 44.4 Å². The molecule has 0 saturated carbocycles. The summed E-state index contributed by atoms with van der Waals surface area (Å²) in [6.07, 6.45) is 5.51. The molecule has 2 aromatic carbocycles. The molecule has 0 fully saturated rings. The Bertz CT molecular complexity index is 1110. The first-order valence-corrected chi connectivity index (χ1v) is 9.12. The summed E-state index contributed by atoms with van der Waals surface area (Å²) >= 11 is 0. The van der Waals surface area contributed by atoms with Crippen LogP contribution in [0, 0.1) is 0 Å². The van der Waals surface area contributed by atoms with Gasteiger partial charge in [-0.2, -0.15) is 8.42 Å². The van der Waals surface area contributed by atoms with Gasteiger partial charge in [0.25, 0.3) is 5.91 Å². The summed E-state index contributed by atoms with van der Waals surface area (Å²) in [5, 5.41) is 9.80. The fourth-order valence-corrected chi connectivity index (χ4v) is 3.37. The molecule has 1 heterocycles. The Kier molecular flexibility index (Phi) is 5.17. The number of amides is 1. The van der Waals surface area contributed by atoms with Crippen LogP contribution in [0.4, 0.5) is 11.4 Å². The van der Waals surface area contributed by atoms with E-state index in [2.05, 4.69) is 4.98 Å². The minimum absolute atomic E-state index is 0.194. The number of hydroxylamine groups is 1. The third-order valence-electron chi connectivity index (χ3n) is 3.76. The van der Waals surface area contributed by atoms with Crippen LogP contribution < -0.4 is 9.79 Å². The number of nitrogens with zero attached hydrogens (tertiary/aromatic N) is 2. The van der Waals surface area contributed by atoms with E-state index in [0.717, 1.165) is 15.8 Å². The van der Waals surface area contributed by atoms with E-state index in [9.17, 15) is 17.8 Å². The van der Waals surface area contributed by atoms with Gasteiger partial charge >= 0.3 is 10.3 Å². The highest BCUT2D eigenvalue weighted by atomic mass is 32.2. The van der Waals surface area contributed by atoms with Crippen molar-refractivity contribution in [2.45, 2.75) is 0 Å². The van der Waals surface area contributed by atoms with Crippen LogP contribution in [-0.4, -0.2) is 29.1 Å². The quantitative estimate of drug-likeness (QED) is 0.269. The average Bonchev–Trinajstić information content (AvgIpc) is 2.66. The second kappa shape index (κ2) is 7.54. The van der Waals surface area contributed by atoms with E-state index >= 15 is 0 Å². The van der Waals surface area contributed by atoms with Gasteiger partial charge in [-0.3, -0.25) is 19.5 Å². The summed E-state index contributed by atoms with van der Waals surface area (Å²) < 4.78 is 34.7. The topological polar surface area (TPSA) is 120 Å². The van der Waals surface area contributed by atoms with Gasteiger partial charge in [-0.25, -0.2) is 9.79 Å². The Morgan fingerprint density at radius 1 is 1.07 bits per heavy atom. The predicted octanol–water partition coefficient (Wildman–Crippen LogP) is 2.69. The minimum atomic E-state index is -4.63. The van der Waals surface area contributed by atoms with Gasteiger partial charge in [-0.05, 0) is 23.8 Å². The molecular formula is C18H15N3O5S. The maximum Gasteiger partial charge on any atom is 0.364 e. The third-order valence-corrected chi connectivity index (χ3v) is 4.63. The third kappa shape index (κ3) is 4.11. The first-order chi connectivity index (χ1) is 12.9. The molecule has 0 saturated heterocycles. The van der Waals surface area contributed by atoms with Crippen LogP contribution in [0.15, 0.2) is 67.0 Å². The highest BCUT2D eigenvalue weighted by Crippen LogP contribution is 2.33. The summed E-state index contributed by atoms with van der Waals surface area (Å²) in [4.78, 5) is 15.1. The van der Waals surface area contributed by atoms with Crippen LogP contribution in [0.1, 0.15) is 5.56 Å². The van der Waals surface area contributed by atoms with E-state index < -0.39 is 16.2 Å². The van der Waals surface area contributed by atoms with Gasteiger partial charge in [-0.15, -0.1) is 0 Å². The second-order valence-electron chi connectivity index (χ2n) is 5.52. The molecule has 0 aliphatic heterocycles. The van der Waals surface area contributed by atoms with Gasteiger partial charge in [0, 0.05) is 23.0 Å². The van der Waals surface area contributed by atoms with Crippen LogP contribution >= 0.6 is 0 Å². The molecule has 1 aromatic heterocycles. The van der Waals surface area contributed by atoms with Gasteiger partial charge in [0.15, 0.2) is 0 Å². The largest absolute Gasteiger partial charge is 0.364 e. The molecule has 1 amide bonds. The van der Waals surface area contributed by atoms with Gasteiger partial charge in [0.1, 0.15) is 0 Å². The van der Waals surface area contributed by atoms with Gasteiger partial charge in [-0.1, -0.05) is 36.4 Å². The molecule has 3 aromatic rings. The smallest absolute Gasteiger partial charge is 0.288 e. The Hall–Kier alpha value is -3.27. The number of aromatic nitrogens is 1. The van der Waals surface area contributed by atoms with E-state index in [1.165, 1.54) is 29.9 Å². The zero-order valence-electron chi connectivity index (χ0n) is 13.9. The Labute approximate surface area is 155 Å². The fourth-order valence-electron chi connectivity index (χ4n) is 2.59. The maximum atomic E-state index is 12.1. The lowest BCUT2D eigenvalue weighted by molar-refractivity contribution is -0.124. The molecule has 0 aliphatic carbocycles. The van der Waals surface area contributed by atoms with Crippen molar-refractivity contribution in [1.82, 2.24) is 10.5 Å². The van der Waals surface area contributed by atoms with Crippen molar-refractivity contribution in [3.05, 3.63) is 72.6 Å². The predicted molar refractivity (Wildman–Crippen MR) is 101 cm³/mol. The van der Waals surface area contributed by atoms with Crippen molar-refractivity contribution in [3.8, 4) is 0 Å². The molecule has 0 bridgehead atoms. The summed E-state index contributed by atoms with van der Waals surface area (Å²) in [7, 11) is -4.63. The molecule has 138 valence electrons. The molecule has 0 spiro atoms. The molecule has 0 radical (unpaired) electrons. The maximum absolute atomic E-state index is 12.1. The Morgan fingerprint density at radius 3 is 2.44 bits per heavy atom. The first-order valence-electron chi connectivity index (χ1n) is 7.73. The fraction of sp³-hybridized carbons (Fsp3) is 0. The number of carbonyl (C=O) groups excluding carboxylic acids is 1. The van der Waals surface area contributed by atoms with E-state index in [1.807, 2.05) is 0 Å². The molecule has 0 atom stereocenters. The number of hydrogen-bond donors (Lipinski definition) is 3. The normalized spacial score (nSPS) is 11.6. The summed E-state index contributed by atoms with van der Waals surface area (Å²) in [5.74, 6) is -0.694. The van der Waals surface area contributed by atoms with Gasteiger partial charge < -0.3 is 0 Å². The van der Waals surface area contributed by atoms with Crippen molar-refractivity contribution in [3.63, 3.8) is 0 Å². The zero-order chi connectivity index (χ0) is 19.4. The average molecular weight is 385 g/mol. The zero-order valence-corrected chi connectivity index (χ0v) is 14.7. The number of anilines is 2. The van der Waals surface area contributed by atoms with Crippen molar-refractivity contribution in [2.24, 2.45) is 0 Å². The van der Waals surface area contributed by atoms with E-state index in [-0.39, 0.29) is 11.4 Å². The molecule has 0 aliphatic rings. The molecule has 27 heavy (non-hydrogen) atoms. The van der Waals surface area contributed by atoms with Crippen molar-refractivity contribution < 1.29 is 23.0 Å². The molecule has 0 unspecified atom stereocenters. The van der Waals surface area contributed by atoms with Gasteiger partial charge in [0.2, 0.25) is 0 Å². The summed E-state index contributed by atoms with van der Waals surface area (Å²) in [5.41, 5.74) is 2.46. The van der Waals surface area contributed by atoms with E-state index in [4.69, 9.17) is 5.21 Å². The molecule has 3 N–H and O–H groups in total. The molecule has 3 rings (SSSR count). The molecular weight excluding hydrogens is 370 g/mol. The molecule has 9 heteroatoms. The highest BCUT2D eigenvalue weighted by molar-refractivity contribution is 7.87. The van der Waals surface area contributed by atoms with Crippen LogP contribution in [0.25, 0.3) is 16.8 Å². The van der Waals surface area contributed by atoms with Crippen molar-refractivity contribution in [2.75, 3.05) is 4.31 Å². The number of hydrogen-bond acceptors (Lipinski definition) is 5. The van der Waals surface area contributed by atoms with Crippen LogP contribution in [0.2, 0.25) is 0 Å². The van der Waals surface area contributed by atoms with Crippen LogP contribution in [0.5, 0.6) is 0 Å². The number of pyridine rings is 1. The lowest BCUT2D eigenvalue weighted by atomic mass is 10.1. The highest BCUT2D eigenvalue weighted by Gasteiger charge is 2.24. The Balaban J connectivity index is 2.07. The van der Waals surface area contributed by atoms with E-state index in [0.29, 0.717) is 10.9 Å². The lowest BCUT2D eigenvalue weighted by Gasteiger charge is -2.22. The standard InChI is InChI=1S/C18H15N3O5S/c22-18(20-23)10-7-13-5-8-15(9-6-13)21(27(24,25)26)17-12-19-11-14-3-1-2-4-16(14)17/h1-12,23H,(H,20,22)(H,24,25,26)/b10-7+. The number of carbonyl (C=O) groups is 1. The number of rotatable bonds is 5. The van der Waals surface area contributed by atoms with Crippen LogP contribution in [0.3, 0.4) is 0 Å². The lowest BCUT2D eigenvalue weighted by Crippen LogP contribution is -2.25. The van der Waals surface area contributed by atoms with Crippen molar-refractivity contribution in [1.29, 1.82) is 0 Å². The summed E-state index contributed by atoms with van der Waals surface area (Å²) in [6, 6.07) is 13.2. The van der Waals surface area contributed by atoms with Crippen LogP contribution in [-0.2, 0) is 15.1 Å².